The fourth-order valence-corrected chi connectivity index (χ4v) is 1.30. The Morgan fingerprint density at radius 1 is 1.44 bits per heavy atom. The summed E-state index contributed by atoms with van der Waals surface area (Å²) >= 11 is 3.19. The summed E-state index contributed by atoms with van der Waals surface area (Å²) in [6, 6.07) is 0. The maximum atomic E-state index is 5.26. The van der Waals surface area contributed by atoms with Crippen LogP contribution in [0.5, 0.6) is 0 Å². The first kappa shape index (κ1) is 10.2. The van der Waals surface area contributed by atoms with E-state index in [1.165, 1.54) is 19.9 Å². The second-order valence-electron chi connectivity index (χ2n) is 2.49. The van der Waals surface area contributed by atoms with Gasteiger partial charge in [-0.25, -0.2) is 0 Å². The van der Waals surface area contributed by atoms with Gasteiger partial charge < -0.3 is 4.65 Å². The van der Waals surface area contributed by atoms with Gasteiger partial charge in [-0.15, -0.1) is 10.6 Å². The van der Waals surface area contributed by atoms with Crippen LogP contribution in [0.3, 0.4) is 0 Å². The highest BCUT2D eigenvalue weighted by Gasteiger charge is 2.09. The lowest BCUT2D eigenvalue weighted by atomic mass is 10.2. The molecule has 0 aromatic carbocycles. The molecule has 0 fully saturated rings. The molecule has 0 aliphatic heterocycles. The minimum Gasteiger partial charge on any atom is -0.423 e. The Morgan fingerprint density at radius 2 is 2.00 bits per heavy atom. The highest BCUT2D eigenvalue weighted by Crippen LogP contribution is 2.27. The zero-order chi connectivity index (χ0) is 7.33. The molecule has 0 N–H and O–H groups in total. The SMILES string of the molecule is CC(C)(C)O[B]SSBr. The summed E-state index contributed by atoms with van der Waals surface area (Å²) in [6.45, 7) is 7.77. The molecule has 0 saturated heterocycles. The van der Waals surface area contributed by atoms with Crippen LogP contribution in [-0.4, -0.2) is 12.4 Å². The molecule has 0 saturated carbocycles. The lowest BCUT2D eigenvalue weighted by Gasteiger charge is -2.18. The van der Waals surface area contributed by atoms with Gasteiger partial charge in [0.1, 0.15) is 0 Å². The van der Waals surface area contributed by atoms with Crippen molar-refractivity contribution in [1.82, 2.24) is 0 Å². The summed E-state index contributed by atoms with van der Waals surface area (Å²) in [4.78, 5) is 0. The zero-order valence-corrected chi connectivity index (χ0v) is 8.90. The molecule has 0 aromatic rings. The second-order valence-corrected chi connectivity index (χ2v) is 6.33. The summed E-state index contributed by atoms with van der Waals surface area (Å²) in [5.74, 6) is 0. The lowest BCUT2D eigenvalue weighted by Crippen LogP contribution is -2.19. The van der Waals surface area contributed by atoms with Crippen LogP contribution in [0.1, 0.15) is 20.8 Å². The molecule has 0 aliphatic carbocycles. The lowest BCUT2D eigenvalue weighted by molar-refractivity contribution is 0.144. The quantitative estimate of drug-likeness (QED) is 0.417. The van der Waals surface area contributed by atoms with E-state index in [0.717, 1.165) is 0 Å². The average Bonchev–Trinajstić information content (AvgIpc) is 1.63. The molecule has 0 aromatic heterocycles. The third-order valence-corrected chi connectivity index (χ3v) is 2.55. The van der Waals surface area contributed by atoms with Crippen molar-refractivity contribution in [1.29, 1.82) is 0 Å². The molecule has 0 bridgehead atoms. The summed E-state index contributed by atoms with van der Waals surface area (Å²) in [5.41, 5.74) is -0.0598. The van der Waals surface area contributed by atoms with Crippen molar-refractivity contribution in [2.75, 3.05) is 0 Å². The van der Waals surface area contributed by atoms with Crippen LogP contribution in [-0.2, 0) is 4.65 Å². The first-order valence-corrected chi connectivity index (χ1v) is 6.55. The van der Waals surface area contributed by atoms with Crippen LogP contribution < -0.4 is 0 Å². The summed E-state index contributed by atoms with van der Waals surface area (Å²) < 4.78 is 5.26. The summed E-state index contributed by atoms with van der Waals surface area (Å²) in [7, 11) is 3.01. The van der Waals surface area contributed by atoms with E-state index in [9.17, 15) is 0 Å². The first-order chi connectivity index (χ1) is 4.06. The normalized spacial score (nSPS) is 11.6. The minimum absolute atomic E-state index is 0.0598. The van der Waals surface area contributed by atoms with Crippen molar-refractivity contribution in [2.24, 2.45) is 0 Å². The Balaban J connectivity index is 3.07. The van der Waals surface area contributed by atoms with Gasteiger partial charge in [0.15, 0.2) is 0 Å². The van der Waals surface area contributed by atoms with Crippen LogP contribution in [0.4, 0.5) is 0 Å². The van der Waals surface area contributed by atoms with Gasteiger partial charge in [0.05, 0.1) is 0 Å². The van der Waals surface area contributed by atoms with E-state index in [-0.39, 0.29) is 5.60 Å². The second kappa shape index (κ2) is 4.94. The Morgan fingerprint density at radius 3 is 2.33 bits per heavy atom. The maximum Gasteiger partial charge on any atom is 0.384 e. The van der Waals surface area contributed by atoms with Crippen molar-refractivity contribution >= 4 is 41.4 Å². The average molecular weight is 228 g/mol. The van der Waals surface area contributed by atoms with E-state index in [1.807, 2.05) is 20.8 Å². The molecule has 9 heavy (non-hydrogen) atoms. The molecule has 0 heterocycles. The largest absolute Gasteiger partial charge is 0.423 e. The van der Waals surface area contributed by atoms with Gasteiger partial charge in [0.25, 0.3) is 0 Å². The predicted octanol–water partition coefficient (Wildman–Crippen LogP) is 3.03. The molecule has 1 nitrogen and oxygen atoms in total. The van der Waals surface area contributed by atoms with E-state index < -0.39 is 0 Å². The number of halogens is 1. The van der Waals surface area contributed by atoms with Crippen molar-refractivity contribution in [3.8, 4) is 0 Å². The van der Waals surface area contributed by atoms with Crippen LogP contribution in [0.2, 0.25) is 0 Å². The fraction of sp³-hybridized carbons (Fsp3) is 1.00. The van der Waals surface area contributed by atoms with Crippen LogP contribution in [0.25, 0.3) is 0 Å². The number of hydrogen-bond acceptors (Lipinski definition) is 3. The third kappa shape index (κ3) is 9.20. The van der Waals surface area contributed by atoms with Crippen LogP contribution >= 0.6 is 34.7 Å². The van der Waals surface area contributed by atoms with E-state index >= 15 is 0 Å². The molecular weight excluding hydrogens is 219 g/mol. The molecule has 0 spiro atoms. The van der Waals surface area contributed by atoms with Gasteiger partial charge in [-0.05, 0) is 30.0 Å². The van der Waals surface area contributed by atoms with Gasteiger partial charge in [-0.2, -0.15) is 0 Å². The van der Waals surface area contributed by atoms with Gasteiger partial charge >= 0.3 is 6.76 Å². The van der Waals surface area contributed by atoms with Crippen LogP contribution in [0, 0.1) is 0 Å². The summed E-state index contributed by atoms with van der Waals surface area (Å²) in [5, 5.41) is 0. The minimum atomic E-state index is -0.0598. The molecule has 0 amide bonds. The van der Waals surface area contributed by atoms with Crippen molar-refractivity contribution in [3.63, 3.8) is 0 Å². The molecule has 0 aliphatic rings. The summed E-state index contributed by atoms with van der Waals surface area (Å²) in [6.07, 6.45) is 0. The molecule has 0 atom stereocenters. The first-order valence-electron chi connectivity index (χ1n) is 2.50. The fourth-order valence-electron chi connectivity index (χ4n) is 0.179. The Hall–Kier alpha value is 1.20. The standard InChI is InChI=1S/C4H9BBrOS2/c1-4(2,3)7-5-8-9-6/h1-3H3. The van der Waals surface area contributed by atoms with E-state index in [4.69, 9.17) is 4.65 Å². The maximum absolute atomic E-state index is 5.26. The Labute approximate surface area is 72.5 Å². The highest BCUT2D eigenvalue weighted by atomic mass is 79.9. The third-order valence-electron chi connectivity index (χ3n) is 0.477. The Bertz CT molecular complexity index is 75.5. The van der Waals surface area contributed by atoms with Crippen molar-refractivity contribution < 1.29 is 4.65 Å². The molecule has 0 rings (SSSR count). The van der Waals surface area contributed by atoms with Crippen molar-refractivity contribution in [3.05, 3.63) is 0 Å². The molecule has 0 unspecified atom stereocenters. The molecule has 5 heteroatoms. The molecular formula is C4H9BBrOS2. The van der Waals surface area contributed by atoms with Gasteiger partial charge in [-0.3, -0.25) is 0 Å². The van der Waals surface area contributed by atoms with E-state index in [0.29, 0.717) is 0 Å². The van der Waals surface area contributed by atoms with Crippen molar-refractivity contribution in [2.45, 2.75) is 26.4 Å². The Kier molecular flexibility index (Phi) is 5.60. The monoisotopic (exact) mass is 227 g/mol. The highest BCUT2D eigenvalue weighted by molar-refractivity contribution is 9.62. The smallest absolute Gasteiger partial charge is 0.384 e. The number of hydrogen-bond donors (Lipinski definition) is 0. The van der Waals surface area contributed by atoms with Crippen LogP contribution in [0.15, 0.2) is 0 Å². The topological polar surface area (TPSA) is 9.23 Å². The van der Waals surface area contributed by atoms with Gasteiger partial charge in [-0.1, -0.05) is 0 Å². The van der Waals surface area contributed by atoms with E-state index in [1.54, 1.807) is 6.76 Å². The zero-order valence-electron chi connectivity index (χ0n) is 5.68. The number of rotatable bonds is 3. The molecule has 1 radical (unpaired) electrons. The molecule has 53 valence electrons. The van der Waals surface area contributed by atoms with E-state index in [2.05, 4.69) is 14.8 Å². The predicted molar refractivity (Wildman–Crippen MR) is 50.7 cm³/mol. The van der Waals surface area contributed by atoms with Gasteiger partial charge in [0.2, 0.25) is 0 Å². The van der Waals surface area contributed by atoms with Gasteiger partial charge in [0, 0.05) is 20.4 Å².